The van der Waals surface area contributed by atoms with E-state index >= 15 is 0 Å². The van der Waals surface area contributed by atoms with Gasteiger partial charge in [0, 0.05) is 32.8 Å². The topological polar surface area (TPSA) is 21.3 Å². The number of benzene rings is 6. The third-order valence-electron chi connectivity index (χ3n) is 9.94. The molecule has 0 aromatic heterocycles. The summed E-state index contributed by atoms with van der Waals surface area (Å²) < 4.78 is 7.43. The van der Waals surface area contributed by atoms with E-state index in [1.165, 1.54) is 11.1 Å². The lowest BCUT2D eigenvalue weighted by Crippen LogP contribution is -2.50. The molecule has 0 saturated carbocycles. The monoisotopic (exact) mass is 649 g/mol. The van der Waals surface area contributed by atoms with Crippen LogP contribution in [0.15, 0.2) is 164 Å². The molecule has 1 saturated heterocycles. The van der Waals surface area contributed by atoms with E-state index in [9.17, 15) is 0 Å². The van der Waals surface area contributed by atoms with Crippen LogP contribution in [0, 0.1) is 5.92 Å². The number of para-hydroxylation sites is 1. The van der Waals surface area contributed by atoms with Crippen LogP contribution in [0.3, 0.4) is 0 Å². The Morgan fingerprint density at radius 2 is 1.19 bits per heavy atom. The molecule has 1 N–H and O–H groups in total. The third kappa shape index (κ3) is 5.09. The van der Waals surface area contributed by atoms with Crippen LogP contribution in [0.4, 0.5) is 5.69 Å². The zero-order valence-electron chi connectivity index (χ0n) is 25.7. The first kappa shape index (κ1) is 29.8. The van der Waals surface area contributed by atoms with Gasteiger partial charge >= 0.3 is 0 Å². The summed E-state index contributed by atoms with van der Waals surface area (Å²) in [5.41, 5.74) is 7.84. The van der Waals surface area contributed by atoms with Crippen molar-refractivity contribution < 1.29 is 4.74 Å². The number of hydrogen-bond acceptors (Lipinski definition) is 2. The smallest absolute Gasteiger partial charge is 0.120 e. The second-order valence-electron chi connectivity index (χ2n) is 12.4. The lowest BCUT2D eigenvalue weighted by molar-refractivity contribution is 0.00974. The maximum absolute atomic E-state index is 7.43. The first-order valence-corrected chi connectivity index (χ1v) is 16.7. The van der Waals surface area contributed by atoms with E-state index in [-0.39, 0.29) is 12.0 Å². The van der Waals surface area contributed by atoms with Gasteiger partial charge in [-0.05, 0) is 58.2 Å². The Morgan fingerprint density at radius 1 is 0.617 bits per heavy atom. The van der Waals surface area contributed by atoms with Crippen LogP contribution >= 0.6 is 23.2 Å². The van der Waals surface area contributed by atoms with Crippen molar-refractivity contribution in [2.45, 2.75) is 17.1 Å². The molecule has 2 nitrogen and oxygen atoms in total. The average Bonchev–Trinajstić information content (AvgIpc) is 3.50. The molecular weight excluding hydrogens is 617 g/mol. The summed E-state index contributed by atoms with van der Waals surface area (Å²) in [7, 11) is 0. The maximum atomic E-state index is 7.43. The highest BCUT2D eigenvalue weighted by molar-refractivity contribution is 6.30. The van der Waals surface area contributed by atoms with Crippen LogP contribution in [-0.4, -0.2) is 6.61 Å². The molecular formula is C43H33Cl2NO. The van der Waals surface area contributed by atoms with Crippen LogP contribution in [0.1, 0.15) is 33.9 Å². The number of anilines is 1. The molecule has 6 aromatic carbocycles. The second-order valence-corrected chi connectivity index (χ2v) is 13.3. The molecule has 2 aliphatic heterocycles. The third-order valence-corrected chi connectivity index (χ3v) is 10.4. The second kappa shape index (κ2) is 12.2. The van der Waals surface area contributed by atoms with Crippen molar-refractivity contribution in [2.24, 2.45) is 5.92 Å². The van der Waals surface area contributed by atoms with E-state index in [0.29, 0.717) is 16.7 Å². The summed E-state index contributed by atoms with van der Waals surface area (Å²) in [6, 6.07) is 55.1. The number of fused-ring (bicyclic) bond motifs is 3. The van der Waals surface area contributed by atoms with Gasteiger partial charge in [0.2, 0.25) is 0 Å². The number of ether oxygens (including phenoxy) is 1. The Kier molecular flexibility index (Phi) is 7.73. The summed E-state index contributed by atoms with van der Waals surface area (Å²) in [6.45, 7) is 0.497. The molecule has 0 amide bonds. The SMILES string of the molecule is Clc1ccc(/C=C/[C@@]23OCC(c4ccccc4)(c4ccccc4)[C@@H]2[C@@H](c2ccc(Cl)cc2)Nc2c(-c4ccccc4)cccc23)cc1. The highest BCUT2D eigenvalue weighted by atomic mass is 35.5. The highest BCUT2D eigenvalue weighted by Gasteiger charge is 2.64. The standard InChI is InChI=1S/C43H33Cl2NO/c44-35-23-19-30(20-24-35)27-28-43-38-18-10-17-37(31-11-4-1-5-12-31)40(38)46-39(32-21-25-36(45)26-22-32)41(43)42(29-47-43,33-13-6-2-7-14-33)34-15-8-3-9-16-34/h1-28,39,41,46H,29H2/b28-27+/t39-,41+,43+/m1/s1. The van der Waals surface area contributed by atoms with Gasteiger partial charge in [-0.15, -0.1) is 0 Å². The fourth-order valence-corrected chi connectivity index (χ4v) is 8.08. The predicted octanol–water partition coefficient (Wildman–Crippen LogP) is 11.4. The van der Waals surface area contributed by atoms with Crippen molar-refractivity contribution >= 4 is 35.0 Å². The summed E-state index contributed by atoms with van der Waals surface area (Å²) >= 11 is 12.8. The minimum Gasteiger partial charge on any atom is -0.377 e. The molecule has 230 valence electrons. The molecule has 1 fully saturated rings. The Hall–Kier alpha value is -4.60. The molecule has 0 unspecified atom stereocenters. The van der Waals surface area contributed by atoms with Gasteiger partial charge in [0.15, 0.2) is 0 Å². The zero-order chi connectivity index (χ0) is 31.8. The Balaban J connectivity index is 1.46. The van der Waals surface area contributed by atoms with Gasteiger partial charge in [-0.2, -0.15) is 0 Å². The van der Waals surface area contributed by atoms with Gasteiger partial charge in [-0.1, -0.05) is 163 Å². The molecule has 0 spiro atoms. The van der Waals surface area contributed by atoms with Gasteiger partial charge in [-0.25, -0.2) is 0 Å². The average molecular weight is 651 g/mol. The molecule has 2 aliphatic rings. The van der Waals surface area contributed by atoms with Gasteiger partial charge in [0.1, 0.15) is 5.60 Å². The number of halogens is 2. The molecule has 2 heterocycles. The highest BCUT2D eigenvalue weighted by Crippen LogP contribution is 2.64. The first-order chi connectivity index (χ1) is 23.1. The predicted molar refractivity (Wildman–Crippen MR) is 195 cm³/mol. The van der Waals surface area contributed by atoms with Crippen molar-refractivity contribution in [3.63, 3.8) is 0 Å². The van der Waals surface area contributed by atoms with Crippen molar-refractivity contribution in [1.82, 2.24) is 0 Å². The zero-order valence-corrected chi connectivity index (χ0v) is 27.2. The summed E-state index contributed by atoms with van der Waals surface area (Å²) in [4.78, 5) is 0. The lowest BCUT2D eigenvalue weighted by Gasteiger charge is -2.50. The molecule has 8 rings (SSSR count). The van der Waals surface area contributed by atoms with E-state index in [1.807, 2.05) is 24.3 Å². The van der Waals surface area contributed by atoms with Gasteiger partial charge in [0.05, 0.1) is 18.1 Å². The molecule has 47 heavy (non-hydrogen) atoms. The molecule has 0 bridgehead atoms. The van der Waals surface area contributed by atoms with Crippen molar-refractivity contribution in [2.75, 3.05) is 11.9 Å². The van der Waals surface area contributed by atoms with Crippen LogP contribution in [-0.2, 0) is 15.8 Å². The Labute approximate surface area is 286 Å². The number of rotatable bonds is 6. The minimum atomic E-state index is -0.805. The fraction of sp³-hybridized carbons (Fsp3) is 0.116. The van der Waals surface area contributed by atoms with E-state index < -0.39 is 11.0 Å². The van der Waals surface area contributed by atoms with Gasteiger partial charge < -0.3 is 10.1 Å². The van der Waals surface area contributed by atoms with Gasteiger partial charge in [0.25, 0.3) is 0 Å². The Bertz CT molecular complexity index is 1990. The largest absolute Gasteiger partial charge is 0.377 e. The van der Waals surface area contributed by atoms with E-state index in [0.717, 1.165) is 33.5 Å². The van der Waals surface area contributed by atoms with Gasteiger partial charge in [-0.3, -0.25) is 0 Å². The number of hydrogen-bond donors (Lipinski definition) is 1. The fourth-order valence-electron chi connectivity index (χ4n) is 7.83. The lowest BCUT2D eigenvalue weighted by atomic mass is 9.56. The molecule has 0 aliphatic carbocycles. The summed E-state index contributed by atoms with van der Waals surface area (Å²) in [5, 5.41) is 5.55. The van der Waals surface area contributed by atoms with E-state index in [2.05, 4.69) is 151 Å². The van der Waals surface area contributed by atoms with Crippen LogP contribution in [0.5, 0.6) is 0 Å². The normalized spacial score (nSPS) is 21.1. The van der Waals surface area contributed by atoms with E-state index in [4.69, 9.17) is 27.9 Å². The molecule has 4 heteroatoms. The van der Waals surface area contributed by atoms with Crippen LogP contribution in [0.2, 0.25) is 10.0 Å². The van der Waals surface area contributed by atoms with Crippen molar-refractivity contribution in [3.05, 3.63) is 202 Å². The Morgan fingerprint density at radius 3 is 1.81 bits per heavy atom. The number of nitrogens with one attached hydrogen (secondary N) is 1. The van der Waals surface area contributed by atoms with Crippen LogP contribution < -0.4 is 5.32 Å². The molecule has 6 aromatic rings. The summed E-state index contributed by atoms with van der Waals surface area (Å²) in [6.07, 6.45) is 4.49. The molecule has 0 radical (unpaired) electrons. The minimum absolute atomic E-state index is 0.0944. The van der Waals surface area contributed by atoms with Crippen molar-refractivity contribution in [1.29, 1.82) is 0 Å². The quantitative estimate of drug-likeness (QED) is 0.194. The molecule has 3 atom stereocenters. The first-order valence-electron chi connectivity index (χ1n) is 16.0. The maximum Gasteiger partial charge on any atom is 0.120 e. The van der Waals surface area contributed by atoms with Crippen molar-refractivity contribution in [3.8, 4) is 11.1 Å². The van der Waals surface area contributed by atoms with Crippen LogP contribution in [0.25, 0.3) is 17.2 Å². The summed E-state index contributed by atoms with van der Waals surface area (Å²) in [5.74, 6) is -0.0944. The van der Waals surface area contributed by atoms with E-state index in [1.54, 1.807) is 0 Å².